The molecule has 1 heterocycles. The molecule has 1 aromatic heterocycles. The molecule has 1 rings (SSSR count). The van der Waals surface area contributed by atoms with Gasteiger partial charge in [-0.2, -0.15) is 5.10 Å². The van der Waals surface area contributed by atoms with Gasteiger partial charge in [0.1, 0.15) is 0 Å². The molecule has 1 amide bonds. The lowest BCUT2D eigenvalue weighted by molar-refractivity contribution is -0.121. The largest absolute Gasteiger partial charge is 0.352 e. The smallest absolute Gasteiger partial charge is 0.224 e. The number of aromatic nitrogens is 2. The van der Waals surface area contributed by atoms with Crippen molar-refractivity contribution in [2.75, 3.05) is 6.54 Å². The fourth-order valence-electron chi connectivity index (χ4n) is 1.62. The van der Waals surface area contributed by atoms with E-state index in [0.29, 0.717) is 13.0 Å². The minimum absolute atomic E-state index is 0.00264. The first-order valence-electron chi connectivity index (χ1n) is 5.44. The van der Waals surface area contributed by atoms with Crippen LogP contribution >= 0.6 is 0 Å². The predicted molar refractivity (Wildman–Crippen MR) is 63.0 cm³/mol. The molecule has 0 bridgehead atoms. The Morgan fingerprint density at radius 2 is 2.19 bits per heavy atom. The molecule has 0 saturated carbocycles. The van der Waals surface area contributed by atoms with Gasteiger partial charge in [0.25, 0.3) is 0 Å². The fourth-order valence-corrected chi connectivity index (χ4v) is 1.62. The average molecular weight is 224 g/mol. The Balaban J connectivity index is 2.70. The minimum atomic E-state index is -0.00264. The monoisotopic (exact) mass is 224 g/mol. The summed E-state index contributed by atoms with van der Waals surface area (Å²) in [5, 5.41) is 7.12. The second kappa shape index (κ2) is 5.12. The van der Waals surface area contributed by atoms with Gasteiger partial charge in [0.05, 0.1) is 12.1 Å². The Morgan fingerprint density at radius 1 is 1.56 bits per heavy atom. The van der Waals surface area contributed by atoms with E-state index in [0.717, 1.165) is 17.0 Å². The molecule has 0 spiro atoms. The Kier molecular flexibility index (Phi) is 4.06. The molecule has 0 aromatic carbocycles. The predicted octanol–water partition coefficient (Wildman–Crippen LogP) is 0.0428. The van der Waals surface area contributed by atoms with Gasteiger partial charge < -0.3 is 11.1 Å². The maximum Gasteiger partial charge on any atom is 0.224 e. The molecular formula is C11H20N4O. The highest BCUT2D eigenvalue weighted by Gasteiger charge is 2.14. The van der Waals surface area contributed by atoms with E-state index in [4.69, 9.17) is 5.73 Å². The van der Waals surface area contributed by atoms with E-state index in [1.54, 1.807) is 4.68 Å². The summed E-state index contributed by atoms with van der Waals surface area (Å²) < 4.78 is 1.80. The van der Waals surface area contributed by atoms with E-state index in [1.807, 2.05) is 27.8 Å². The van der Waals surface area contributed by atoms with Gasteiger partial charge in [-0.15, -0.1) is 0 Å². The van der Waals surface area contributed by atoms with Crippen molar-refractivity contribution in [2.24, 2.45) is 12.8 Å². The lowest BCUT2D eigenvalue weighted by Crippen LogP contribution is -2.38. The van der Waals surface area contributed by atoms with Crippen LogP contribution in [0.5, 0.6) is 0 Å². The molecule has 0 fully saturated rings. The minimum Gasteiger partial charge on any atom is -0.352 e. The quantitative estimate of drug-likeness (QED) is 0.758. The number of rotatable bonds is 4. The van der Waals surface area contributed by atoms with Crippen molar-refractivity contribution < 1.29 is 4.79 Å². The molecule has 0 aliphatic carbocycles. The maximum absolute atomic E-state index is 11.7. The Bertz CT molecular complexity index is 384. The summed E-state index contributed by atoms with van der Waals surface area (Å²) in [7, 11) is 1.88. The van der Waals surface area contributed by atoms with Crippen molar-refractivity contribution in [3.05, 3.63) is 17.0 Å². The molecule has 1 unspecified atom stereocenters. The number of carbonyl (C=O) groups is 1. The molecule has 5 nitrogen and oxygen atoms in total. The van der Waals surface area contributed by atoms with E-state index < -0.39 is 0 Å². The van der Waals surface area contributed by atoms with Crippen LogP contribution in [0.15, 0.2) is 0 Å². The highest BCUT2D eigenvalue weighted by molar-refractivity contribution is 5.79. The summed E-state index contributed by atoms with van der Waals surface area (Å²) in [5.74, 6) is -0.00264. The van der Waals surface area contributed by atoms with Crippen molar-refractivity contribution in [3.63, 3.8) is 0 Å². The van der Waals surface area contributed by atoms with Crippen molar-refractivity contribution >= 4 is 5.91 Å². The van der Waals surface area contributed by atoms with Crippen molar-refractivity contribution in [3.8, 4) is 0 Å². The van der Waals surface area contributed by atoms with Gasteiger partial charge in [-0.3, -0.25) is 9.48 Å². The SMILES string of the molecule is Cc1nn(C)c(C)c1CC(=O)NC(C)CN. The number of hydrogen-bond donors (Lipinski definition) is 2. The van der Waals surface area contributed by atoms with Gasteiger partial charge in [0.15, 0.2) is 0 Å². The first-order chi connectivity index (χ1) is 7.45. The summed E-state index contributed by atoms with van der Waals surface area (Å²) in [5.41, 5.74) is 8.40. The second-order valence-corrected chi connectivity index (χ2v) is 4.15. The molecule has 1 atom stereocenters. The first kappa shape index (κ1) is 12.7. The topological polar surface area (TPSA) is 72.9 Å². The van der Waals surface area contributed by atoms with Crippen LogP contribution in [0.1, 0.15) is 23.9 Å². The summed E-state index contributed by atoms with van der Waals surface area (Å²) in [6, 6.07) is 0.0183. The van der Waals surface area contributed by atoms with E-state index >= 15 is 0 Å². The summed E-state index contributed by atoms with van der Waals surface area (Å²) in [6.07, 6.45) is 0.371. The van der Waals surface area contributed by atoms with E-state index in [9.17, 15) is 4.79 Å². The number of nitrogens with zero attached hydrogens (tertiary/aromatic N) is 2. The molecule has 0 aliphatic heterocycles. The third kappa shape index (κ3) is 2.82. The van der Waals surface area contributed by atoms with Crippen molar-refractivity contribution in [1.29, 1.82) is 0 Å². The van der Waals surface area contributed by atoms with Crippen molar-refractivity contribution in [1.82, 2.24) is 15.1 Å². The number of nitrogens with one attached hydrogen (secondary N) is 1. The molecule has 0 saturated heterocycles. The van der Waals surface area contributed by atoms with Gasteiger partial charge in [0.2, 0.25) is 5.91 Å². The highest BCUT2D eigenvalue weighted by atomic mass is 16.1. The zero-order valence-corrected chi connectivity index (χ0v) is 10.4. The van der Waals surface area contributed by atoms with Crippen LogP contribution in [-0.4, -0.2) is 28.3 Å². The Hall–Kier alpha value is -1.36. The zero-order chi connectivity index (χ0) is 12.3. The number of aryl methyl sites for hydroxylation is 2. The van der Waals surface area contributed by atoms with Crippen LogP contribution in [0.2, 0.25) is 0 Å². The second-order valence-electron chi connectivity index (χ2n) is 4.15. The van der Waals surface area contributed by atoms with Crippen LogP contribution < -0.4 is 11.1 Å². The van der Waals surface area contributed by atoms with Gasteiger partial charge in [-0.25, -0.2) is 0 Å². The van der Waals surface area contributed by atoms with Crippen LogP contribution in [0.3, 0.4) is 0 Å². The standard InChI is InChI=1S/C11H20N4O/c1-7(6-12)13-11(16)5-10-8(2)14-15(4)9(10)3/h7H,5-6,12H2,1-4H3,(H,13,16). The normalized spacial score (nSPS) is 12.6. The van der Waals surface area contributed by atoms with Gasteiger partial charge in [-0.1, -0.05) is 0 Å². The number of nitrogens with two attached hydrogens (primary N) is 1. The molecule has 3 N–H and O–H groups in total. The third-order valence-corrected chi connectivity index (χ3v) is 2.76. The maximum atomic E-state index is 11.7. The van der Waals surface area contributed by atoms with Crippen LogP contribution in [0.25, 0.3) is 0 Å². The lowest BCUT2D eigenvalue weighted by Gasteiger charge is -2.11. The molecule has 90 valence electrons. The van der Waals surface area contributed by atoms with E-state index in [2.05, 4.69) is 10.4 Å². The fraction of sp³-hybridized carbons (Fsp3) is 0.636. The van der Waals surface area contributed by atoms with Gasteiger partial charge in [-0.05, 0) is 20.8 Å². The third-order valence-electron chi connectivity index (χ3n) is 2.76. The van der Waals surface area contributed by atoms with E-state index in [-0.39, 0.29) is 11.9 Å². The molecule has 16 heavy (non-hydrogen) atoms. The van der Waals surface area contributed by atoms with E-state index in [1.165, 1.54) is 0 Å². The lowest BCUT2D eigenvalue weighted by atomic mass is 10.1. The molecule has 5 heteroatoms. The first-order valence-corrected chi connectivity index (χ1v) is 5.44. The summed E-state index contributed by atoms with van der Waals surface area (Å²) in [4.78, 5) is 11.7. The Labute approximate surface area is 96.0 Å². The van der Waals surface area contributed by atoms with Gasteiger partial charge >= 0.3 is 0 Å². The zero-order valence-electron chi connectivity index (χ0n) is 10.4. The Morgan fingerprint density at radius 3 is 2.62 bits per heavy atom. The van der Waals surface area contributed by atoms with Gasteiger partial charge in [0, 0.05) is 30.9 Å². The molecule has 1 aromatic rings. The molecular weight excluding hydrogens is 204 g/mol. The van der Waals surface area contributed by atoms with Crippen LogP contribution in [0.4, 0.5) is 0 Å². The highest BCUT2D eigenvalue weighted by Crippen LogP contribution is 2.12. The number of carbonyl (C=O) groups excluding carboxylic acids is 1. The number of hydrogen-bond acceptors (Lipinski definition) is 3. The summed E-state index contributed by atoms with van der Waals surface area (Å²) >= 11 is 0. The molecule has 0 radical (unpaired) electrons. The van der Waals surface area contributed by atoms with Crippen LogP contribution in [0, 0.1) is 13.8 Å². The number of amides is 1. The van der Waals surface area contributed by atoms with Crippen LogP contribution in [-0.2, 0) is 18.3 Å². The molecule has 0 aliphatic rings. The average Bonchev–Trinajstić information content (AvgIpc) is 2.45. The van der Waals surface area contributed by atoms with Crippen molar-refractivity contribution in [2.45, 2.75) is 33.2 Å². The summed E-state index contributed by atoms with van der Waals surface area (Å²) in [6.45, 7) is 6.23.